The van der Waals surface area contributed by atoms with E-state index in [4.69, 9.17) is 10.6 Å². The molecule has 2 aliphatic rings. The molecule has 1 spiro atoms. The minimum absolute atomic E-state index is 0.123. The van der Waals surface area contributed by atoms with E-state index in [1.165, 1.54) is 12.0 Å². The number of aliphatic hydroxyl groups excluding tert-OH is 1. The van der Waals surface area contributed by atoms with Crippen molar-refractivity contribution < 1.29 is 19.5 Å². The predicted octanol–water partition coefficient (Wildman–Crippen LogP) is 3.62. The molecule has 0 heterocycles. The lowest BCUT2D eigenvalue weighted by atomic mass is 9.75. The fraction of sp³-hybridized carbons (Fsp3) is 0.522. The number of carbonyl (C=O) groups is 1. The van der Waals surface area contributed by atoms with Crippen LogP contribution in [0.25, 0.3) is 0 Å². The largest absolute Gasteiger partial charge is 0.489 e. The Morgan fingerprint density at radius 1 is 1.36 bits per heavy atom. The van der Waals surface area contributed by atoms with Crippen molar-refractivity contribution in [1.29, 1.82) is 0 Å². The van der Waals surface area contributed by atoms with Crippen LogP contribution in [0.3, 0.4) is 0 Å². The van der Waals surface area contributed by atoms with Crippen LogP contribution < -0.4 is 10.6 Å². The van der Waals surface area contributed by atoms with Gasteiger partial charge in [0.25, 0.3) is 0 Å². The van der Waals surface area contributed by atoms with E-state index in [-0.39, 0.29) is 23.9 Å². The Bertz CT molecular complexity index is 774. The van der Waals surface area contributed by atoms with Crippen LogP contribution in [-0.2, 0) is 9.63 Å². The van der Waals surface area contributed by atoms with Gasteiger partial charge in [-0.05, 0) is 74.1 Å². The summed E-state index contributed by atoms with van der Waals surface area (Å²) in [6.45, 7) is 2.32. The molecule has 0 aliphatic heterocycles. The average molecular weight is 383 g/mol. The van der Waals surface area contributed by atoms with E-state index in [2.05, 4.69) is 22.8 Å². The molecule has 150 valence electrons. The maximum absolute atomic E-state index is 11.5. The first-order chi connectivity index (χ1) is 13.5. The number of hydrogen-bond acceptors (Lipinski definition) is 5. The van der Waals surface area contributed by atoms with Crippen LogP contribution >= 0.6 is 0 Å². The van der Waals surface area contributed by atoms with Crippen LogP contribution in [0.5, 0.6) is 5.75 Å². The van der Waals surface area contributed by atoms with E-state index in [0.717, 1.165) is 43.4 Å². The maximum atomic E-state index is 11.5. The van der Waals surface area contributed by atoms with Gasteiger partial charge in [0.15, 0.2) is 0 Å². The number of rotatable bonds is 6. The van der Waals surface area contributed by atoms with E-state index in [9.17, 15) is 9.90 Å². The SMILES string of the molecule is CC#C[C@@H](CC(=O)ON)c1ccc(OCC2=C[C@]3(CCC2)CC[C@@H](O)C3)cc1. The highest BCUT2D eigenvalue weighted by molar-refractivity contribution is 5.71. The second-order valence-electron chi connectivity index (χ2n) is 7.91. The van der Waals surface area contributed by atoms with Crippen LogP contribution in [0, 0.1) is 17.3 Å². The monoisotopic (exact) mass is 383 g/mol. The molecule has 1 fully saturated rings. The van der Waals surface area contributed by atoms with E-state index in [1.54, 1.807) is 6.92 Å². The van der Waals surface area contributed by atoms with Crippen molar-refractivity contribution >= 4 is 5.97 Å². The predicted molar refractivity (Wildman–Crippen MR) is 107 cm³/mol. The van der Waals surface area contributed by atoms with Gasteiger partial charge in [0.1, 0.15) is 12.4 Å². The molecule has 0 unspecified atom stereocenters. The van der Waals surface area contributed by atoms with Crippen molar-refractivity contribution in [3.05, 3.63) is 41.5 Å². The number of aliphatic hydroxyl groups is 1. The van der Waals surface area contributed by atoms with Crippen LogP contribution in [-0.4, -0.2) is 23.8 Å². The second kappa shape index (κ2) is 9.27. The third kappa shape index (κ3) is 5.15. The van der Waals surface area contributed by atoms with Gasteiger partial charge < -0.3 is 14.7 Å². The molecule has 1 aromatic rings. The van der Waals surface area contributed by atoms with Gasteiger partial charge >= 0.3 is 5.97 Å². The van der Waals surface area contributed by atoms with Crippen molar-refractivity contribution in [3.63, 3.8) is 0 Å². The lowest BCUT2D eigenvalue weighted by Gasteiger charge is -2.31. The Hall–Kier alpha value is -2.29. The number of benzene rings is 1. The van der Waals surface area contributed by atoms with Gasteiger partial charge in [0, 0.05) is 0 Å². The van der Waals surface area contributed by atoms with Gasteiger partial charge in [-0.1, -0.05) is 24.1 Å². The number of hydrogen-bond donors (Lipinski definition) is 2. The summed E-state index contributed by atoms with van der Waals surface area (Å²) in [7, 11) is 0. The molecule has 0 bridgehead atoms. The highest BCUT2D eigenvalue weighted by Gasteiger charge is 2.38. The second-order valence-corrected chi connectivity index (χ2v) is 7.91. The number of carbonyl (C=O) groups excluding carboxylic acids is 1. The molecule has 3 N–H and O–H groups in total. The molecule has 3 atom stereocenters. The van der Waals surface area contributed by atoms with Crippen molar-refractivity contribution in [3.8, 4) is 17.6 Å². The summed E-state index contributed by atoms with van der Waals surface area (Å²) in [5, 5.41) is 9.91. The first-order valence-electron chi connectivity index (χ1n) is 9.97. The lowest BCUT2D eigenvalue weighted by molar-refractivity contribution is -0.144. The smallest absolute Gasteiger partial charge is 0.326 e. The zero-order valence-electron chi connectivity index (χ0n) is 16.4. The minimum Gasteiger partial charge on any atom is -0.489 e. The third-order valence-electron chi connectivity index (χ3n) is 5.83. The number of allylic oxidation sites excluding steroid dienone is 1. The highest BCUT2D eigenvalue weighted by atomic mass is 16.7. The summed E-state index contributed by atoms with van der Waals surface area (Å²) in [5.41, 5.74) is 2.44. The first kappa shape index (κ1) is 20.4. The Kier molecular flexibility index (Phi) is 6.77. The summed E-state index contributed by atoms with van der Waals surface area (Å²) in [5.74, 6) is 10.9. The third-order valence-corrected chi connectivity index (χ3v) is 5.83. The highest BCUT2D eigenvalue weighted by Crippen LogP contribution is 2.47. The zero-order chi connectivity index (χ0) is 20.0. The fourth-order valence-corrected chi connectivity index (χ4v) is 4.46. The minimum atomic E-state index is -0.483. The van der Waals surface area contributed by atoms with Gasteiger partial charge in [0.2, 0.25) is 0 Å². The summed E-state index contributed by atoms with van der Waals surface area (Å²) in [6.07, 6.45) is 8.61. The molecule has 28 heavy (non-hydrogen) atoms. The fourth-order valence-electron chi connectivity index (χ4n) is 4.46. The van der Waals surface area contributed by atoms with Gasteiger partial charge in [0.05, 0.1) is 18.4 Å². The normalized spacial score (nSPS) is 24.8. The summed E-state index contributed by atoms with van der Waals surface area (Å²) in [4.78, 5) is 15.8. The summed E-state index contributed by atoms with van der Waals surface area (Å²) in [6, 6.07) is 7.67. The average Bonchev–Trinajstić information content (AvgIpc) is 3.06. The molecule has 3 rings (SSSR count). The van der Waals surface area contributed by atoms with Crippen LogP contribution in [0.1, 0.15) is 63.4 Å². The molecule has 1 aromatic carbocycles. The summed E-state index contributed by atoms with van der Waals surface area (Å²) < 4.78 is 5.99. The first-order valence-corrected chi connectivity index (χ1v) is 9.97. The molecule has 2 aliphatic carbocycles. The molecule has 5 heteroatoms. The molecule has 1 saturated carbocycles. The van der Waals surface area contributed by atoms with Gasteiger partial charge in [-0.2, -0.15) is 5.90 Å². The molecule has 0 aromatic heterocycles. The van der Waals surface area contributed by atoms with E-state index in [1.807, 2.05) is 24.3 Å². The number of nitrogens with two attached hydrogens (primary N) is 1. The molecule has 5 nitrogen and oxygen atoms in total. The van der Waals surface area contributed by atoms with E-state index < -0.39 is 5.97 Å². The number of ether oxygens (including phenoxy) is 1. The van der Waals surface area contributed by atoms with E-state index >= 15 is 0 Å². The van der Waals surface area contributed by atoms with Crippen molar-refractivity contribution in [2.45, 2.75) is 63.9 Å². The van der Waals surface area contributed by atoms with Crippen LogP contribution in [0.15, 0.2) is 35.9 Å². The van der Waals surface area contributed by atoms with Gasteiger partial charge in [-0.15, -0.1) is 5.92 Å². The quantitative estimate of drug-likeness (QED) is 0.445. The standard InChI is InChI=1S/C23H29NO4/c1-2-4-19(13-22(26)28-24)18-6-8-21(9-7-18)27-16-17-5-3-11-23(14-17)12-10-20(25)15-23/h6-9,14,19-20,25H,3,5,10-13,15-16,24H2,1H3/t19-,20+,23-/m0/s1. The summed E-state index contributed by atoms with van der Waals surface area (Å²) >= 11 is 0. The topological polar surface area (TPSA) is 81.8 Å². The van der Waals surface area contributed by atoms with Crippen LogP contribution in [0.4, 0.5) is 0 Å². The van der Waals surface area contributed by atoms with Gasteiger partial charge in [-0.25, -0.2) is 0 Å². The Labute approximate surface area is 166 Å². The van der Waals surface area contributed by atoms with Crippen molar-refractivity contribution in [1.82, 2.24) is 0 Å². The van der Waals surface area contributed by atoms with Crippen LogP contribution in [0.2, 0.25) is 0 Å². The Morgan fingerprint density at radius 2 is 2.14 bits per heavy atom. The molecule has 0 radical (unpaired) electrons. The molecular formula is C23H29NO4. The molecule has 0 saturated heterocycles. The molecule has 0 amide bonds. The maximum Gasteiger partial charge on any atom is 0.326 e. The van der Waals surface area contributed by atoms with Gasteiger partial charge in [-0.3, -0.25) is 4.79 Å². The zero-order valence-corrected chi connectivity index (χ0v) is 16.4. The Balaban J connectivity index is 1.61. The van der Waals surface area contributed by atoms with Crippen molar-refractivity contribution in [2.24, 2.45) is 11.3 Å². The van der Waals surface area contributed by atoms with Crippen molar-refractivity contribution in [2.75, 3.05) is 6.61 Å². The lowest BCUT2D eigenvalue weighted by Crippen LogP contribution is -2.21. The molecular weight excluding hydrogens is 354 g/mol. The Morgan fingerprint density at radius 3 is 2.79 bits per heavy atom. The van der Waals surface area contributed by atoms with E-state index in [0.29, 0.717) is 6.61 Å².